The summed E-state index contributed by atoms with van der Waals surface area (Å²) in [5.74, 6) is 0. The van der Waals surface area contributed by atoms with Crippen molar-refractivity contribution in [2.45, 2.75) is 46.8 Å². The van der Waals surface area contributed by atoms with E-state index in [9.17, 15) is 0 Å². The Bertz CT molecular complexity index is 320. The van der Waals surface area contributed by atoms with Gasteiger partial charge in [-0.05, 0) is 46.7 Å². The Morgan fingerprint density at radius 1 is 1.35 bits per heavy atom. The average Bonchev–Trinajstić information content (AvgIpc) is 2.55. The molecular weight excluding hydrogens is 214 g/mol. The minimum atomic E-state index is 0.338. The number of aromatic nitrogens is 2. The first-order valence-corrected chi connectivity index (χ1v) is 6.43. The predicted molar refractivity (Wildman–Crippen MR) is 70.3 cm³/mol. The molecule has 4 heteroatoms. The lowest BCUT2D eigenvalue weighted by Crippen LogP contribution is -2.23. The van der Waals surface area contributed by atoms with Crippen LogP contribution >= 0.6 is 0 Å². The van der Waals surface area contributed by atoms with E-state index in [1.807, 2.05) is 11.6 Å². The van der Waals surface area contributed by atoms with Crippen LogP contribution in [0.2, 0.25) is 0 Å². The van der Waals surface area contributed by atoms with Crippen LogP contribution in [0.15, 0.2) is 6.07 Å². The summed E-state index contributed by atoms with van der Waals surface area (Å²) < 4.78 is 7.52. The number of ether oxygens (including phenoxy) is 1. The third kappa shape index (κ3) is 5.84. The number of nitrogens with one attached hydrogen (secondary N) is 1. The van der Waals surface area contributed by atoms with E-state index < -0.39 is 0 Å². The van der Waals surface area contributed by atoms with Crippen LogP contribution in [0.25, 0.3) is 0 Å². The molecule has 1 heterocycles. The van der Waals surface area contributed by atoms with Gasteiger partial charge >= 0.3 is 0 Å². The lowest BCUT2D eigenvalue weighted by atomic mass is 10.4. The highest BCUT2D eigenvalue weighted by Gasteiger charge is 1.99. The smallest absolute Gasteiger partial charge is 0.0596 e. The number of hydrogen-bond donors (Lipinski definition) is 1. The van der Waals surface area contributed by atoms with Crippen LogP contribution in [0.5, 0.6) is 0 Å². The second-order valence-corrected chi connectivity index (χ2v) is 4.67. The summed E-state index contributed by atoms with van der Waals surface area (Å²) >= 11 is 0. The van der Waals surface area contributed by atoms with E-state index in [0.717, 1.165) is 38.4 Å². The lowest BCUT2D eigenvalue weighted by molar-refractivity contribution is 0.0771. The van der Waals surface area contributed by atoms with Crippen molar-refractivity contribution in [3.8, 4) is 0 Å². The van der Waals surface area contributed by atoms with Gasteiger partial charge < -0.3 is 10.1 Å². The first kappa shape index (κ1) is 14.2. The van der Waals surface area contributed by atoms with Crippen LogP contribution < -0.4 is 5.32 Å². The summed E-state index contributed by atoms with van der Waals surface area (Å²) in [6.07, 6.45) is 1.40. The third-order valence-corrected chi connectivity index (χ3v) is 2.55. The molecule has 0 atom stereocenters. The average molecular weight is 239 g/mol. The third-order valence-electron chi connectivity index (χ3n) is 2.55. The first-order chi connectivity index (χ1) is 8.09. The van der Waals surface area contributed by atoms with E-state index in [2.05, 4.69) is 37.3 Å². The molecule has 0 aliphatic carbocycles. The fourth-order valence-electron chi connectivity index (χ4n) is 1.73. The monoisotopic (exact) mass is 239 g/mol. The van der Waals surface area contributed by atoms with Gasteiger partial charge in [0.05, 0.1) is 18.3 Å². The van der Waals surface area contributed by atoms with E-state index in [1.54, 1.807) is 0 Å². The lowest BCUT2D eigenvalue weighted by Gasteiger charge is -2.08. The molecule has 0 radical (unpaired) electrons. The summed E-state index contributed by atoms with van der Waals surface area (Å²) in [5.41, 5.74) is 2.32. The van der Waals surface area contributed by atoms with Crippen molar-refractivity contribution in [2.75, 3.05) is 19.7 Å². The molecule has 1 rings (SSSR count). The number of aryl methyl sites for hydroxylation is 2. The van der Waals surface area contributed by atoms with E-state index in [-0.39, 0.29) is 0 Å². The van der Waals surface area contributed by atoms with Crippen molar-refractivity contribution in [3.05, 3.63) is 17.5 Å². The van der Waals surface area contributed by atoms with Crippen LogP contribution in [0.3, 0.4) is 0 Å². The first-order valence-electron chi connectivity index (χ1n) is 6.43. The van der Waals surface area contributed by atoms with Gasteiger partial charge in [0, 0.05) is 18.8 Å². The summed E-state index contributed by atoms with van der Waals surface area (Å²) in [6.45, 7) is 12.0. The Morgan fingerprint density at radius 3 is 2.71 bits per heavy atom. The van der Waals surface area contributed by atoms with Gasteiger partial charge in [-0.15, -0.1) is 0 Å². The van der Waals surface area contributed by atoms with Crippen LogP contribution in [0.4, 0.5) is 0 Å². The molecule has 0 unspecified atom stereocenters. The Balaban J connectivity index is 2.03. The molecule has 0 saturated carbocycles. The van der Waals surface area contributed by atoms with E-state index in [0.29, 0.717) is 6.10 Å². The maximum absolute atomic E-state index is 5.47. The molecule has 4 nitrogen and oxygen atoms in total. The van der Waals surface area contributed by atoms with E-state index in [4.69, 9.17) is 4.74 Å². The van der Waals surface area contributed by atoms with Gasteiger partial charge in [-0.25, -0.2) is 0 Å². The van der Waals surface area contributed by atoms with Crippen LogP contribution in [0, 0.1) is 13.8 Å². The molecule has 1 N–H and O–H groups in total. The van der Waals surface area contributed by atoms with Gasteiger partial charge in [0.25, 0.3) is 0 Å². The SMILES string of the molecule is Cc1cc(C)n(CCNCCCOC(C)C)n1. The Kier molecular flexibility index (Phi) is 6.22. The molecule has 0 aromatic carbocycles. The second kappa shape index (κ2) is 7.45. The number of hydrogen-bond acceptors (Lipinski definition) is 3. The number of rotatable bonds is 8. The largest absolute Gasteiger partial charge is 0.379 e. The van der Waals surface area contributed by atoms with Crippen molar-refractivity contribution in [1.82, 2.24) is 15.1 Å². The topological polar surface area (TPSA) is 39.1 Å². The minimum absolute atomic E-state index is 0.338. The molecule has 1 aromatic rings. The zero-order valence-electron chi connectivity index (χ0n) is 11.5. The van der Waals surface area contributed by atoms with Gasteiger partial charge in [0.2, 0.25) is 0 Å². The highest BCUT2D eigenvalue weighted by atomic mass is 16.5. The second-order valence-electron chi connectivity index (χ2n) is 4.67. The van der Waals surface area contributed by atoms with Gasteiger partial charge in [-0.3, -0.25) is 4.68 Å². The molecule has 1 aromatic heterocycles. The Hall–Kier alpha value is -0.870. The molecule has 0 fully saturated rings. The summed E-state index contributed by atoms with van der Waals surface area (Å²) in [5, 5.41) is 7.82. The molecule has 0 saturated heterocycles. The van der Waals surface area contributed by atoms with Gasteiger partial charge in [0.1, 0.15) is 0 Å². The molecule has 0 amide bonds. The maximum atomic E-state index is 5.47. The molecule has 0 aliphatic heterocycles. The van der Waals surface area contributed by atoms with Crippen molar-refractivity contribution in [3.63, 3.8) is 0 Å². The van der Waals surface area contributed by atoms with Gasteiger partial charge in [-0.1, -0.05) is 0 Å². The quantitative estimate of drug-likeness (QED) is 0.704. The summed E-state index contributed by atoms with van der Waals surface area (Å²) in [4.78, 5) is 0. The van der Waals surface area contributed by atoms with Crippen LogP contribution in [-0.4, -0.2) is 35.6 Å². The Labute approximate surface area is 104 Å². The highest BCUT2D eigenvalue weighted by Crippen LogP contribution is 2.00. The minimum Gasteiger partial charge on any atom is -0.379 e. The van der Waals surface area contributed by atoms with Crippen molar-refractivity contribution in [1.29, 1.82) is 0 Å². The standard InChI is InChI=1S/C13H25N3O/c1-11(2)17-9-5-6-14-7-8-16-13(4)10-12(3)15-16/h10-11,14H,5-9H2,1-4H3. The zero-order valence-corrected chi connectivity index (χ0v) is 11.5. The van der Waals surface area contributed by atoms with Crippen molar-refractivity contribution < 1.29 is 4.74 Å². The van der Waals surface area contributed by atoms with Crippen molar-refractivity contribution in [2.24, 2.45) is 0 Å². The molecule has 17 heavy (non-hydrogen) atoms. The highest BCUT2D eigenvalue weighted by molar-refractivity contribution is 5.06. The maximum Gasteiger partial charge on any atom is 0.0596 e. The molecule has 98 valence electrons. The predicted octanol–water partition coefficient (Wildman–Crippen LogP) is 1.90. The van der Waals surface area contributed by atoms with Crippen molar-refractivity contribution >= 4 is 0 Å². The molecule has 0 aliphatic rings. The van der Waals surface area contributed by atoms with Gasteiger partial charge in [0.15, 0.2) is 0 Å². The molecule has 0 bridgehead atoms. The van der Waals surface area contributed by atoms with E-state index >= 15 is 0 Å². The van der Waals surface area contributed by atoms with Crippen LogP contribution in [-0.2, 0) is 11.3 Å². The van der Waals surface area contributed by atoms with Gasteiger partial charge in [-0.2, -0.15) is 5.10 Å². The molecule has 0 spiro atoms. The fourth-order valence-corrected chi connectivity index (χ4v) is 1.73. The summed E-state index contributed by atoms with van der Waals surface area (Å²) in [6, 6.07) is 2.11. The normalized spacial score (nSPS) is 11.4. The zero-order chi connectivity index (χ0) is 12.7. The fraction of sp³-hybridized carbons (Fsp3) is 0.769. The van der Waals surface area contributed by atoms with Crippen LogP contribution in [0.1, 0.15) is 31.7 Å². The molecular formula is C13H25N3O. The van der Waals surface area contributed by atoms with E-state index in [1.165, 1.54) is 5.69 Å². The summed E-state index contributed by atoms with van der Waals surface area (Å²) in [7, 11) is 0. The Morgan fingerprint density at radius 2 is 2.12 bits per heavy atom. The number of nitrogens with zero attached hydrogens (tertiary/aromatic N) is 2.